The Morgan fingerprint density at radius 1 is 0.657 bits per heavy atom. The van der Waals surface area contributed by atoms with E-state index in [4.69, 9.17) is 11.6 Å². The van der Waals surface area contributed by atoms with Crippen molar-refractivity contribution < 1.29 is 70.7 Å². The molecule has 0 bridgehead atoms. The van der Waals surface area contributed by atoms with E-state index < -0.39 is 161 Å². The maximum atomic E-state index is 15.2. The normalized spacial score (nSPS) is 25.9. The van der Waals surface area contributed by atoms with Gasteiger partial charge in [0.15, 0.2) is 0 Å². The van der Waals surface area contributed by atoms with Gasteiger partial charge in [0.25, 0.3) is 5.91 Å². The molecule has 4 heterocycles. The summed E-state index contributed by atoms with van der Waals surface area (Å²) in [6, 6.07) is -6.27. The van der Waals surface area contributed by atoms with E-state index in [9.17, 15) is 56.3 Å². The number of alkyl halides is 3. The van der Waals surface area contributed by atoms with Crippen molar-refractivity contribution >= 4 is 82.5 Å². The SMILES string of the molecule is CCCC[C@H]1C(=O)N2CC=C2C(=O)N(C)[C@@H](CC2CCCCC2)C(=O)N(C)CC(=O)N[C@@H](CCc2ccc(C(F)(F)F)c(Cl)c2)C(=O)N2CCC[C@H]2C(=O)NCCCCC(=O)N(C)[C@@H](C(C)C)C(=O)N(C)[C@H](C(=O)N2CCCCC2)CC(=O)N(C)[C@@H](CC(C)C)C(=O)N[C@@H]([C@@H](C)CC)C(=O)N1C. The minimum atomic E-state index is -4.74. The number of halogens is 4. The first-order chi connectivity index (χ1) is 48.1. The van der Waals surface area contributed by atoms with E-state index in [2.05, 4.69) is 16.0 Å². The summed E-state index contributed by atoms with van der Waals surface area (Å²) in [5, 5.41) is 8.06. The van der Waals surface area contributed by atoms with Crippen LogP contribution in [0, 0.1) is 23.7 Å². The third-order valence-corrected chi connectivity index (χ3v) is 21.7. The van der Waals surface area contributed by atoms with Crippen LogP contribution in [-0.4, -0.2) is 245 Å². The fraction of sp³-hybridized carbons (Fsp3) is 0.730. The summed E-state index contributed by atoms with van der Waals surface area (Å²) in [6.45, 7) is 13.3. The van der Waals surface area contributed by atoms with E-state index >= 15 is 14.4 Å². The zero-order valence-electron chi connectivity index (χ0n) is 62.5. The van der Waals surface area contributed by atoms with Crippen molar-refractivity contribution in [2.24, 2.45) is 23.7 Å². The van der Waals surface area contributed by atoms with Gasteiger partial charge in [0.05, 0.1) is 23.6 Å². The lowest BCUT2D eigenvalue weighted by Gasteiger charge is -2.41. The molecule has 6 rings (SSSR count). The van der Waals surface area contributed by atoms with Crippen LogP contribution in [0.1, 0.15) is 194 Å². The minimum Gasteiger partial charge on any atom is -0.354 e. The predicted octanol–water partition coefficient (Wildman–Crippen LogP) is 7.18. The molecular weight excluding hydrogens is 1340 g/mol. The Morgan fingerprint density at radius 3 is 1.92 bits per heavy atom. The third kappa shape index (κ3) is 21.7. The molecule has 1 aromatic rings. The molecule has 570 valence electrons. The van der Waals surface area contributed by atoms with E-state index in [0.717, 1.165) is 55.6 Å². The molecule has 24 nitrogen and oxygen atoms in total. The molecule has 1 aromatic carbocycles. The van der Waals surface area contributed by atoms with Crippen molar-refractivity contribution in [3.05, 3.63) is 46.1 Å². The number of hydrogen-bond acceptors (Lipinski definition) is 12. The van der Waals surface area contributed by atoms with Crippen LogP contribution in [-0.2, 0) is 70.1 Å². The Labute approximate surface area is 606 Å². The van der Waals surface area contributed by atoms with Gasteiger partial charge in [-0.2, -0.15) is 13.2 Å². The molecule has 12 amide bonds. The highest BCUT2D eigenvalue weighted by Crippen LogP contribution is 2.36. The second kappa shape index (κ2) is 38.4. The number of benzene rings is 1. The Morgan fingerprint density at radius 2 is 1.32 bits per heavy atom. The quantitative estimate of drug-likeness (QED) is 0.167. The van der Waals surface area contributed by atoms with Crippen LogP contribution >= 0.6 is 11.6 Å². The van der Waals surface area contributed by atoms with Crippen LogP contribution in [0.2, 0.25) is 5.02 Å². The number of fused-ring (bicyclic) bond motifs is 2. The number of carbonyl (C=O) groups excluding carboxylic acids is 12. The fourth-order valence-electron chi connectivity index (χ4n) is 14.7. The highest BCUT2D eigenvalue weighted by Gasteiger charge is 2.46. The van der Waals surface area contributed by atoms with Crippen LogP contribution in [0.5, 0.6) is 0 Å². The first-order valence-electron chi connectivity index (χ1n) is 37.1. The molecule has 1 aliphatic carbocycles. The molecule has 0 aromatic heterocycles. The summed E-state index contributed by atoms with van der Waals surface area (Å²) in [5.74, 6) is -8.25. The lowest BCUT2D eigenvalue weighted by atomic mass is 9.84. The van der Waals surface area contributed by atoms with Crippen molar-refractivity contribution in [1.82, 2.24) is 60.0 Å². The Balaban J connectivity index is 1.38. The maximum absolute atomic E-state index is 15.2. The highest BCUT2D eigenvalue weighted by atomic mass is 35.5. The van der Waals surface area contributed by atoms with Gasteiger partial charge < -0.3 is 60.0 Å². The number of unbranched alkanes of at least 4 members (excludes halogenated alkanes) is 1. The first-order valence-corrected chi connectivity index (χ1v) is 37.4. The second-order valence-electron chi connectivity index (χ2n) is 29.7. The topological polar surface area (TPSA) is 270 Å². The van der Waals surface area contributed by atoms with Crippen molar-refractivity contribution in [3.63, 3.8) is 0 Å². The molecule has 0 unspecified atom stereocenters. The van der Waals surface area contributed by atoms with Gasteiger partial charge in [0.1, 0.15) is 54.0 Å². The van der Waals surface area contributed by atoms with Crippen LogP contribution in [0.4, 0.5) is 13.2 Å². The molecule has 4 fully saturated rings. The molecule has 28 heteroatoms. The zero-order valence-corrected chi connectivity index (χ0v) is 63.2. The standard InChI is InChI=1S/C74H114ClF3N12O12/c1-14-16-28-55-71(100)90-40-35-56(90)69(98)85(11)58(43-49-26-19-17-20-27-49)68(97)82(8)45-60(91)80-53(34-32-50-31-33-51(52(75)42-50)74(76,77)78)67(96)89-39-25-29-54(89)65(94)79-36-22-21-30-61(92)87(13)64(47(5)6)73(102)86(12)59(70(99)88-37-23-18-24-38-88)44-62(93)83(9)57(41-46(3)4)66(95)81-63(48(7)15-2)72(101)84(55)10/h31,33,35,42,46-49,53-55,57-59,63-64H,14-30,32,34,36-41,43-45H2,1-13H3,(H,79,94)(H,80,91)(H,81,95)/t48-,53-,54-,55-,57-,58-,59-,63-,64-/m0/s1. The minimum absolute atomic E-state index is 0.000591. The first kappa shape index (κ1) is 83.6. The predicted molar refractivity (Wildman–Crippen MR) is 380 cm³/mol. The number of rotatable bonds is 14. The second-order valence-corrected chi connectivity index (χ2v) is 30.1. The number of likely N-dealkylation sites (tertiary alicyclic amines) is 1. The average molecular weight is 1460 g/mol. The number of carbonyl (C=O) groups is 12. The average Bonchev–Trinajstić information content (AvgIpc) is 0.900. The van der Waals surface area contributed by atoms with Crippen molar-refractivity contribution in [2.45, 2.75) is 244 Å². The number of amides is 12. The molecule has 3 N–H and O–H groups in total. The number of likely N-dealkylation sites (N-methyl/N-ethyl adjacent to an activating group) is 6. The molecule has 5 aliphatic rings. The molecule has 102 heavy (non-hydrogen) atoms. The monoisotopic (exact) mass is 1450 g/mol. The van der Waals surface area contributed by atoms with E-state index in [-0.39, 0.29) is 88.5 Å². The van der Waals surface area contributed by atoms with E-state index in [1.54, 1.807) is 31.7 Å². The van der Waals surface area contributed by atoms with Gasteiger partial charge in [0, 0.05) is 81.4 Å². The Bertz CT molecular complexity index is 3180. The van der Waals surface area contributed by atoms with Gasteiger partial charge in [-0.1, -0.05) is 118 Å². The number of aryl methyl sites for hydroxylation is 1. The summed E-state index contributed by atoms with van der Waals surface area (Å²) in [6.07, 6.45) is 5.99. The molecule has 9 atom stereocenters. The van der Waals surface area contributed by atoms with Crippen molar-refractivity contribution in [3.8, 4) is 0 Å². The number of nitrogens with zero attached hydrogens (tertiary/aromatic N) is 9. The number of piperidine rings is 1. The van der Waals surface area contributed by atoms with Crippen molar-refractivity contribution in [2.75, 3.05) is 81.6 Å². The lowest BCUT2D eigenvalue weighted by molar-refractivity contribution is -0.154. The number of hydrogen-bond donors (Lipinski definition) is 3. The van der Waals surface area contributed by atoms with Gasteiger partial charge in [-0.05, 0) is 124 Å². The largest absolute Gasteiger partial charge is 0.417 e. The smallest absolute Gasteiger partial charge is 0.354 e. The van der Waals surface area contributed by atoms with E-state index in [1.807, 2.05) is 27.7 Å². The summed E-state index contributed by atoms with van der Waals surface area (Å²) >= 11 is 6.12. The summed E-state index contributed by atoms with van der Waals surface area (Å²) in [7, 11) is 8.72. The molecule has 0 radical (unpaired) electrons. The lowest BCUT2D eigenvalue weighted by Crippen LogP contribution is -2.61. The zero-order chi connectivity index (χ0) is 75.6. The van der Waals surface area contributed by atoms with Gasteiger partial charge >= 0.3 is 6.18 Å². The summed E-state index contributed by atoms with van der Waals surface area (Å²) in [5.41, 5.74) is -0.758. The molecule has 3 saturated heterocycles. The van der Waals surface area contributed by atoms with Crippen molar-refractivity contribution in [1.29, 1.82) is 0 Å². The molecule has 4 aliphatic heterocycles. The molecule has 1 saturated carbocycles. The van der Waals surface area contributed by atoms with Crippen LogP contribution < -0.4 is 16.0 Å². The van der Waals surface area contributed by atoms with E-state index in [0.29, 0.717) is 63.6 Å². The van der Waals surface area contributed by atoms with E-state index in [1.165, 1.54) is 82.7 Å². The van der Waals surface area contributed by atoms with Crippen LogP contribution in [0.25, 0.3) is 0 Å². The summed E-state index contributed by atoms with van der Waals surface area (Å²) < 4.78 is 41.4. The third-order valence-electron chi connectivity index (χ3n) is 21.4. The molecule has 0 spiro atoms. The Hall–Kier alpha value is -7.32. The van der Waals surface area contributed by atoms with Crippen LogP contribution in [0.3, 0.4) is 0 Å². The van der Waals surface area contributed by atoms with Gasteiger partial charge in [0.2, 0.25) is 65.0 Å². The van der Waals surface area contributed by atoms with Gasteiger partial charge in [-0.25, -0.2) is 0 Å². The Kier molecular flexibility index (Phi) is 31.5. The fourth-order valence-corrected chi connectivity index (χ4v) is 15.1. The summed E-state index contributed by atoms with van der Waals surface area (Å²) in [4.78, 5) is 189. The number of nitrogens with one attached hydrogen (secondary N) is 3. The maximum Gasteiger partial charge on any atom is 0.417 e. The highest BCUT2D eigenvalue weighted by molar-refractivity contribution is 6.31. The van der Waals surface area contributed by atoms with Gasteiger partial charge in [-0.15, -0.1) is 0 Å². The molecular formula is C74H114ClF3N12O12. The van der Waals surface area contributed by atoms with Crippen LogP contribution in [0.15, 0.2) is 30.0 Å². The van der Waals surface area contributed by atoms with Gasteiger partial charge in [-0.3, -0.25) is 57.5 Å².